The van der Waals surface area contributed by atoms with Crippen molar-refractivity contribution in [2.24, 2.45) is 0 Å². The predicted molar refractivity (Wildman–Crippen MR) is 168 cm³/mol. The topological polar surface area (TPSA) is 87.7 Å². The molecule has 0 aromatic heterocycles. The van der Waals surface area contributed by atoms with Crippen LogP contribution in [-0.4, -0.2) is 46.7 Å². The Balaban J connectivity index is 2.04. The molecule has 41 heavy (non-hydrogen) atoms. The van der Waals surface area contributed by atoms with Crippen LogP contribution in [0.5, 0.6) is 0 Å². The van der Waals surface area contributed by atoms with Gasteiger partial charge in [0.05, 0.1) is 0 Å². The van der Waals surface area contributed by atoms with Gasteiger partial charge in [0.1, 0.15) is 17.7 Å². The highest BCUT2D eigenvalue weighted by Crippen LogP contribution is 2.28. The Labute approximate surface area is 248 Å². The number of hydrogen-bond acceptors (Lipinski definition) is 5. The summed E-state index contributed by atoms with van der Waals surface area (Å²) >= 11 is 4.36. The first-order chi connectivity index (χ1) is 19.6. The molecular weight excluding hydrogens is 534 g/mol. The fraction of sp³-hybridized carbons (Fsp3) is 0.364. The average Bonchev–Trinajstić information content (AvgIpc) is 2.94. The number of nitrogens with one attached hydrogen (secondary N) is 2. The van der Waals surface area contributed by atoms with E-state index in [0.717, 1.165) is 23.6 Å². The SMILES string of the molecule is C#Cc1ccccc1C(C(=O)Nc1ccc2ccccc2c1)N(CCCCC)C(=O)C(CS)NC(=O)OC(C)(C)C. The van der Waals surface area contributed by atoms with E-state index in [0.29, 0.717) is 23.2 Å². The second-order valence-corrected chi connectivity index (χ2v) is 11.2. The third-order valence-electron chi connectivity index (χ3n) is 6.45. The largest absolute Gasteiger partial charge is 0.444 e. The number of hydrogen-bond donors (Lipinski definition) is 3. The third-order valence-corrected chi connectivity index (χ3v) is 6.81. The van der Waals surface area contributed by atoms with Crippen LogP contribution in [0.4, 0.5) is 10.5 Å². The summed E-state index contributed by atoms with van der Waals surface area (Å²) in [4.78, 5) is 42.3. The molecule has 3 aromatic rings. The van der Waals surface area contributed by atoms with Crippen molar-refractivity contribution in [2.45, 2.75) is 64.6 Å². The first-order valence-corrected chi connectivity index (χ1v) is 14.5. The zero-order valence-electron chi connectivity index (χ0n) is 24.1. The van der Waals surface area contributed by atoms with Crippen LogP contribution in [0, 0.1) is 12.3 Å². The average molecular weight is 574 g/mol. The van der Waals surface area contributed by atoms with Crippen molar-refractivity contribution in [3.8, 4) is 12.3 Å². The van der Waals surface area contributed by atoms with Gasteiger partial charge in [0.25, 0.3) is 5.91 Å². The number of ether oxygens (including phenoxy) is 1. The van der Waals surface area contributed by atoms with Crippen LogP contribution in [-0.2, 0) is 14.3 Å². The van der Waals surface area contributed by atoms with Crippen LogP contribution in [0.25, 0.3) is 10.8 Å². The van der Waals surface area contributed by atoms with Gasteiger partial charge < -0.3 is 20.3 Å². The van der Waals surface area contributed by atoms with E-state index in [1.54, 1.807) is 45.0 Å². The molecule has 0 aliphatic carbocycles. The van der Waals surface area contributed by atoms with Crippen molar-refractivity contribution >= 4 is 47.0 Å². The number of fused-ring (bicyclic) bond motifs is 1. The van der Waals surface area contributed by atoms with Crippen LogP contribution in [0.15, 0.2) is 66.7 Å². The molecule has 8 heteroatoms. The number of alkyl carbamates (subject to hydrolysis) is 1. The first kappa shape index (κ1) is 31.6. The molecule has 0 saturated carbocycles. The van der Waals surface area contributed by atoms with Gasteiger partial charge in [0.15, 0.2) is 0 Å². The van der Waals surface area contributed by atoms with E-state index in [9.17, 15) is 14.4 Å². The number of anilines is 1. The fourth-order valence-corrected chi connectivity index (χ4v) is 4.78. The predicted octanol–water partition coefficient (Wildman–Crippen LogP) is 6.34. The summed E-state index contributed by atoms with van der Waals surface area (Å²) in [6, 6.07) is 18.5. The van der Waals surface area contributed by atoms with Gasteiger partial charge in [0.2, 0.25) is 5.91 Å². The summed E-state index contributed by atoms with van der Waals surface area (Å²) in [5, 5.41) is 7.66. The second kappa shape index (κ2) is 14.6. The van der Waals surface area contributed by atoms with Gasteiger partial charge in [-0.15, -0.1) is 6.42 Å². The third kappa shape index (κ3) is 8.76. The maximum absolute atomic E-state index is 14.1. The molecule has 3 rings (SSSR count). The molecule has 2 atom stereocenters. The molecule has 216 valence electrons. The molecule has 3 aromatic carbocycles. The van der Waals surface area contributed by atoms with Crippen molar-refractivity contribution in [3.63, 3.8) is 0 Å². The van der Waals surface area contributed by atoms with E-state index >= 15 is 0 Å². The molecule has 0 aliphatic heterocycles. The van der Waals surface area contributed by atoms with Gasteiger partial charge >= 0.3 is 6.09 Å². The molecule has 0 radical (unpaired) electrons. The minimum absolute atomic E-state index is 0.0121. The number of unbranched alkanes of at least 4 members (excludes halogenated alkanes) is 2. The molecule has 0 aliphatic rings. The zero-order valence-corrected chi connectivity index (χ0v) is 25.0. The molecule has 0 fully saturated rings. The molecule has 2 unspecified atom stereocenters. The monoisotopic (exact) mass is 573 g/mol. The summed E-state index contributed by atoms with van der Waals surface area (Å²) < 4.78 is 5.38. The highest BCUT2D eigenvalue weighted by atomic mass is 32.1. The Morgan fingerprint density at radius 3 is 2.34 bits per heavy atom. The number of nitrogens with zero attached hydrogens (tertiary/aromatic N) is 1. The van der Waals surface area contributed by atoms with Gasteiger partial charge in [-0.25, -0.2) is 4.79 Å². The number of benzene rings is 3. The maximum atomic E-state index is 14.1. The highest BCUT2D eigenvalue weighted by Gasteiger charge is 2.36. The van der Waals surface area contributed by atoms with Gasteiger partial charge in [-0.05, 0) is 61.7 Å². The van der Waals surface area contributed by atoms with Crippen LogP contribution in [0.2, 0.25) is 0 Å². The van der Waals surface area contributed by atoms with E-state index in [1.165, 1.54) is 4.90 Å². The molecular formula is C33H39N3O4S. The van der Waals surface area contributed by atoms with Crippen LogP contribution < -0.4 is 10.6 Å². The molecule has 7 nitrogen and oxygen atoms in total. The summed E-state index contributed by atoms with van der Waals surface area (Å²) in [7, 11) is 0. The second-order valence-electron chi connectivity index (χ2n) is 10.8. The van der Waals surface area contributed by atoms with Crippen LogP contribution in [0.1, 0.15) is 64.1 Å². The minimum Gasteiger partial charge on any atom is -0.444 e. The van der Waals surface area contributed by atoms with Crippen LogP contribution >= 0.6 is 12.6 Å². The molecule has 3 amide bonds. The van der Waals surface area contributed by atoms with Crippen molar-refractivity contribution < 1.29 is 19.1 Å². The Kier molecular flexibility index (Phi) is 11.2. The van der Waals surface area contributed by atoms with Gasteiger partial charge in [-0.2, -0.15) is 12.6 Å². The molecule has 0 heterocycles. The number of amides is 3. The summed E-state index contributed by atoms with van der Waals surface area (Å²) in [6.45, 7) is 7.56. The van der Waals surface area contributed by atoms with E-state index < -0.39 is 35.6 Å². The summed E-state index contributed by atoms with van der Waals surface area (Å²) in [5.74, 6) is 1.81. The standard InChI is InChI=1S/C33H39N3O4S/c1-6-8-13-20-36(31(38)28(22-41)35-32(39)40-33(3,4)5)29(27-17-12-11-14-23(27)7-2)30(37)34-26-19-18-24-15-9-10-16-25(24)21-26/h2,9-12,14-19,21,28-29,41H,6,8,13,20,22H2,1,3-5H3,(H,34,37)(H,35,39). The van der Waals surface area contributed by atoms with Crippen molar-refractivity contribution in [1.29, 1.82) is 0 Å². The first-order valence-electron chi connectivity index (χ1n) is 13.8. The Hall–Kier alpha value is -3.96. The molecule has 0 spiro atoms. The lowest BCUT2D eigenvalue weighted by Crippen LogP contribution is -2.53. The molecule has 0 bridgehead atoms. The normalized spacial score (nSPS) is 12.6. The highest BCUT2D eigenvalue weighted by molar-refractivity contribution is 7.80. The lowest BCUT2D eigenvalue weighted by molar-refractivity contribution is -0.140. The van der Waals surface area contributed by atoms with Gasteiger partial charge in [-0.3, -0.25) is 9.59 Å². The summed E-state index contributed by atoms with van der Waals surface area (Å²) in [5.41, 5.74) is 0.870. The van der Waals surface area contributed by atoms with Gasteiger partial charge in [-0.1, -0.05) is 74.2 Å². The van der Waals surface area contributed by atoms with Crippen molar-refractivity contribution in [3.05, 3.63) is 77.9 Å². The number of terminal acetylenes is 1. The summed E-state index contributed by atoms with van der Waals surface area (Å²) in [6.07, 6.45) is 7.53. The van der Waals surface area contributed by atoms with Gasteiger partial charge in [0, 0.05) is 23.5 Å². The number of thiol groups is 1. The smallest absolute Gasteiger partial charge is 0.408 e. The lowest BCUT2D eigenvalue weighted by atomic mass is 9.97. The maximum Gasteiger partial charge on any atom is 0.408 e. The lowest BCUT2D eigenvalue weighted by Gasteiger charge is -2.34. The number of carbonyl (C=O) groups excluding carboxylic acids is 3. The minimum atomic E-state index is -1.05. The molecule has 0 saturated heterocycles. The van der Waals surface area contributed by atoms with E-state index in [4.69, 9.17) is 11.2 Å². The number of carbonyl (C=O) groups is 3. The van der Waals surface area contributed by atoms with E-state index in [1.807, 2.05) is 42.5 Å². The zero-order chi connectivity index (χ0) is 30.0. The van der Waals surface area contributed by atoms with E-state index in [-0.39, 0.29) is 12.3 Å². The van der Waals surface area contributed by atoms with Crippen molar-refractivity contribution in [1.82, 2.24) is 10.2 Å². The van der Waals surface area contributed by atoms with E-state index in [2.05, 4.69) is 36.1 Å². The van der Waals surface area contributed by atoms with Crippen molar-refractivity contribution in [2.75, 3.05) is 17.6 Å². The van der Waals surface area contributed by atoms with Crippen LogP contribution in [0.3, 0.4) is 0 Å². The Morgan fingerprint density at radius 1 is 1.00 bits per heavy atom. The Bertz CT molecular complexity index is 1410. The fourth-order valence-electron chi connectivity index (χ4n) is 4.53. The Morgan fingerprint density at radius 2 is 1.68 bits per heavy atom. The molecule has 2 N–H and O–H groups in total. The quantitative estimate of drug-likeness (QED) is 0.142. The number of rotatable bonds is 11.